The van der Waals surface area contributed by atoms with E-state index < -0.39 is 0 Å². The zero-order valence-corrected chi connectivity index (χ0v) is 36.3. The first-order valence-electron chi connectivity index (χ1n) is 22.7. The first kappa shape index (κ1) is 38.9. The third-order valence-corrected chi connectivity index (χ3v) is 13.0. The van der Waals surface area contributed by atoms with Crippen molar-refractivity contribution in [2.75, 3.05) is 4.90 Å². The van der Waals surface area contributed by atoms with E-state index in [1.807, 2.05) is 0 Å². The minimum atomic E-state index is 1.06. The molecule has 0 fully saturated rings. The van der Waals surface area contributed by atoms with Gasteiger partial charge in [-0.3, -0.25) is 0 Å². The molecule has 0 spiro atoms. The Morgan fingerprint density at radius 3 is 1.53 bits per heavy atom. The second-order valence-electron chi connectivity index (χ2n) is 16.9. The van der Waals surface area contributed by atoms with Crippen LogP contribution in [0, 0.1) is 0 Å². The van der Waals surface area contributed by atoms with Crippen molar-refractivity contribution in [2.45, 2.75) is 0 Å². The van der Waals surface area contributed by atoms with Crippen LogP contribution >= 0.6 is 0 Å². The minimum absolute atomic E-state index is 1.06. The largest absolute Gasteiger partial charge is 0.310 e. The highest BCUT2D eigenvalue weighted by Crippen LogP contribution is 2.47. The van der Waals surface area contributed by atoms with Gasteiger partial charge < -0.3 is 9.47 Å². The molecule has 12 rings (SSSR count). The van der Waals surface area contributed by atoms with E-state index >= 15 is 0 Å². The lowest BCUT2D eigenvalue weighted by atomic mass is 9.86. The fourth-order valence-corrected chi connectivity index (χ4v) is 9.96. The van der Waals surface area contributed by atoms with Gasteiger partial charge in [0.05, 0.1) is 16.7 Å². The average Bonchev–Trinajstić information content (AvgIpc) is 3.74. The van der Waals surface area contributed by atoms with Crippen molar-refractivity contribution in [1.82, 2.24) is 4.57 Å². The summed E-state index contributed by atoms with van der Waals surface area (Å²) in [6, 6.07) is 97.1. The maximum Gasteiger partial charge on any atom is 0.0541 e. The summed E-state index contributed by atoms with van der Waals surface area (Å²) in [6.45, 7) is 0. The number of rotatable bonds is 9. The highest BCUT2D eigenvalue weighted by atomic mass is 15.1. The molecule has 1 heterocycles. The number of benzene rings is 11. The molecule has 66 heavy (non-hydrogen) atoms. The van der Waals surface area contributed by atoms with Crippen molar-refractivity contribution >= 4 is 49.6 Å². The van der Waals surface area contributed by atoms with E-state index in [0.29, 0.717) is 0 Å². The summed E-state index contributed by atoms with van der Waals surface area (Å²) in [7, 11) is 0. The van der Waals surface area contributed by atoms with Gasteiger partial charge in [-0.2, -0.15) is 0 Å². The van der Waals surface area contributed by atoms with Crippen LogP contribution in [-0.4, -0.2) is 4.57 Å². The van der Waals surface area contributed by atoms with Crippen LogP contribution in [0.2, 0.25) is 0 Å². The van der Waals surface area contributed by atoms with Crippen LogP contribution < -0.4 is 4.90 Å². The lowest BCUT2D eigenvalue weighted by Crippen LogP contribution is -2.12. The van der Waals surface area contributed by atoms with Crippen molar-refractivity contribution in [3.05, 3.63) is 267 Å². The normalized spacial score (nSPS) is 11.3. The molecule has 2 nitrogen and oxygen atoms in total. The smallest absolute Gasteiger partial charge is 0.0541 e. The summed E-state index contributed by atoms with van der Waals surface area (Å²) < 4.78 is 2.39. The lowest BCUT2D eigenvalue weighted by molar-refractivity contribution is 1.17. The number of hydrogen-bond donors (Lipinski definition) is 0. The zero-order chi connectivity index (χ0) is 43.8. The monoisotopic (exact) mass is 840 g/mol. The van der Waals surface area contributed by atoms with Gasteiger partial charge in [-0.1, -0.05) is 206 Å². The van der Waals surface area contributed by atoms with Crippen LogP contribution in [0.25, 0.3) is 93.9 Å². The topological polar surface area (TPSA) is 8.17 Å². The van der Waals surface area contributed by atoms with E-state index in [2.05, 4.69) is 276 Å². The van der Waals surface area contributed by atoms with Crippen LogP contribution in [0.3, 0.4) is 0 Å². The summed E-state index contributed by atoms with van der Waals surface area (Å²) >= 11 is 0. The standard InChI is InChI=1S/C64H44N2/c1-3-19-45(20-4-1)48-37-42-57(56-29-10-9-28-54(56)46-21-5-2-6-22-46)61(44-48)60-32-13-14-34-62(60)65(52-26-17-25-49(43-52)55-33-18-24-47-23-7-8-27-53(47)55)50-38-40-51(41-39-50)66-63-35-15-11-30-58(63)59-31-12-16-36-64(59)66/h1-44H. The molecule has 2 heteroatoms. The highest BCUT2D eigenvalue weighted by Gasteiger charge is 2.22. The molecule has 1 aromatic heterocycles. The summed E-state index contributed by atoms with van der Waals surface area (Å²) in [5, 5.41) is 4.96. The minimum Gasteiger partial charge on any atom is -0.310 e. The molecule has 0 saturated heterocycles. The molecule has 0 bridgehead atoms. The third kappa shape index (κ3) is 6.93. The maximum absolute atomic E-state index is 2.45. The van der Waals surface area contributed by atoms with Gasteiger partial charge in [0.25, 0.3) is 0 Å². The number of para-hydroxylation sites is 3. The Morgan fingerprint density at radius 2 is 0.788 bits per heavy atom. The van der Waals surface area contributed by atoms with Gasteiger partial charge >= 0.3 is 0 Å². The van der Waals surface area contributed by atoms with Crippen LogP contribution in [0.4, 0.5) is 17.1 Å². The Labute approximate surface area is 385 Å². The molecule has 0 atom stereocenters. The third-order valence-electron chi connectivity index (χ3n) is 13.0. The molecule has 0 aliphatic carbocycles. The zero-order valence-electron chi connectivity index (χ0n) is 36.3. The molecular weight excluding hydrogens is 797 g/mol. The fourth-order valence-electron chi connectivity index (χ4n) is 9.96. The SMILES string of the molecule is c1ccc(-c2ccc(-c3ccccc3-c3ccccc3)c(-c3ccccc3N(c3ccc(-n4c5ccccc5c5ccccc54)cc3)c3cccc(-c4cccc5ccccc45)c3)c2)cc1. The second-order valence-corrected chi connectivity index (χ2v) is 16.9. The quantitative estimate of drug-likeness (QED) is 0.141. The van der Waals surface area contributed by atoms with E-state index in [1.165, 1.54) is 71.5 Å². The molecule has 0 saturated carbocycles. The van der Waals surface area contributed by atoms with E-state index in [-0.39, 0.29) is 0 Å². The van der Waals surface area contributed by atoms with Gasteiger partial charge in [0.1, 0.15) is 0 Å². The molecule has 0 amide bonds. The number of anilines is 3. The van der Waals surface area contributed by atoms with Crippen LogP contribution in [-0.2, 0) is 0 Å². The van der Waals surface area contributed by atoms with Gasteiger partial charge in [-0.15, -0.1) is 0 Å². The van der Waals surface area contributed by atoms with Gasteiger partial charge in [0, 0.05) is 33.4 Å². The number of nitrogens with zero attached hydrogens (tertiary/aromatic N) is 2. The lowest BCUT2D eigenvalue weighted by Gasteiger charge is -2.29. The Kier molecular flexibility index (Phi) is 9.89. The van der Waals surface area contributed by atoms with Crippen LogP contribution in [0.1, 0.15) is 0 Å². The second kappa shape index (κ2) is 16.8. The van der Waals surface area contributed by atoms with Gasteiger partial charge in [-0.05, 0) is 122 Å². The van der Waals surface area contributed by atoms with Gasteiger partial charge in [-0.25, -0.2) is 0 Å². The summed E-state index contributed by atoms with van der Waals surface area (Å²) in [4.78, 5) is 2.45. The molecule has 310 valence electrons. The Bertz CT molecular complexity index is 3640. The highest BCUT2D eigenvalue weighted by molar-refractivity contribution is 6.09. The van der Waals surface area contributed by atoms with E-state index in [0.717, 1.165) is 39.4 Å². The average molecular weight is 841 g/mol. The molecular formula is C64H44N2. The molecule has 11 aromatic carbocycles. The van der Waals surface area contributed by atoms with Crippen molar-refractivity contribution in [3.8, 4) is 61.3 Å². The Hall–Kier alpha value is -8.72. The number of fused-ring (bicyclic) bond motifs is 4. The molecule has 12 aromatic rings. The number of hydrogen-bond acceptors (Lipinski definition) is 1. The summed E-state index contributed by atoms with van der Waals surface area (Å²) in [5.41, 5.74) is 18.5. The van der Waals surface area contributed by atoms with Gasteiger partial charge in [0.2, 0.25) is 0 Å². The fraction of sp³-hybridized carbons (Fsp3) is 0. The predicted octanol–water partition coefficient (Wildman–Crippen LogP) is 17.7. The van der Waals surface area contributed by atoms with Crippen LogP contribution in [0.5, 0.6) is 0 Å². The summed E-state index contributed by atoms with van der Waals surface area (Å²) in [6.07, 6.45) is 0. The van der Waals surface area contributed by atoms with Crippen molar-refractivity contribution in [1.29, 1.82) is 0 Å². The molecule has 0 aliphatic heterocycles. The van der Waals surface area contributed by atoms with E-state index in [9.17, 15) is 0 Å². The van der Waals surface area contributed by atoms with Crippen molar-refractivity contribution in [2.24, 2.45) is 0 Å². The predicted molar refractivity (Wildman–Crippen MR) is 280 cm³/mol. The van der Waals surface area contributed by atoms with Crippen LogP contribution in [0.15, 0.2) is 267 Å². The Balaban J connectivity index is 1.09. The first-order chi connectivity index (χ1) is 32.8. The molecule has 0 unspecified atom stereocenters. The molecule has 0 radical (unpaired) electrons. The summed E-state index contributed by atoms with van der Waals surface area (Å²) in [5.74, 6) is 0. The van der Waals surface area contributed by atoms with Crippen molar-refractivity contribution < 1.29 is 0 Å². The Morgan fingerprint density at radius 1 is 0.258 bits per heavy atom. The van der Waals surface area contributed by atoms with E-state index in [4.69, 9.17) is 0 Å². The first-order valence-corrected chi connectivity index (χ1v) is 22.7. The molecule has 0 N–H and O–H groups in total. The van der Waals surface area contributed by atoms with Gasteiger partial charge in [0.15, 0.2) is 0 Å². The van der Waals surface area contributed by atoms with Crippen molar-refractivity contribution in [3.63, 3.8) is 0 Å². The molecule has 0 aliphatic rings. The van der Waals surface area contributed by atoms with E-state index in [1.54, 1.807) is 0 Å². The number of aromatic nitrogens is 1. The maximum atomic E-state index is 2.45.